The summed E-state index contributed by atoms with van der Waals surface area (Å²) in [5.41, 5.74) is 8.35. The van der Waals surface area contributed by atoms with Crippen LogP contribution in [0.1, 0.15) is 5.56 Å². The van der Waals surface area contributed by atoms with E-state index in [9.17, 15) is 0 Å². The molecule has 1 heteroatoms. The van der Waals surface area contributed by atoms with E-state index >= 15 is 0 Å². The van der Waals surface area contributed by atoms with Crippen LogP contribution in [-0.4, -0.2) is 4.98 Å². The molecule has 0 aliphatic rings. The van der Waals surface area contributed by atoms with Crippen LogP contribution >= 0.6 is 0 Å². The lowest BCUT2D eigenvalue weighted by atomic mass is 9.89. The molecule has 0 aliphatic carbocycles. The molecule has 0 aliphatic heterocycles. The number of rotatable bonds is 3. The minimum Gasteiger partial charge on any atom is -0.256 e. The molecule has 0 bridgehead atoms. The molecule has 1 heterocycles. The van der Waals surface area contributed by atoms with Crippen molar-refractivity contribution in [2.45, 2.75) is 6.92 Å². The number of fused-ring (bicyclic) bond motifs is 3. The van der Waals surface area contributed by atoms with Crippen LogP contribution in [0.2, 0.25) is 0 Å². The Hall–Kier alpha value is -4.75. The van der Waals surface area contributed by atoms with Crippen LogP contribution in [0.15, 0.2) is 134 Å². The molecule has 0 N–H and O–H groups in total. The van der Waals surface area contributed by atoms with E-state index in [-0.39, 0.29) is 0 Å². The van der Waals surface area contributed by atoms with Crippen molar-refractivity contribution in [2.75, 3.05) is 0 Å². The average molecular weight is 472 g/mol. The summed E-state index contributed by atoms with van der Waals surface area (Å²) in [5, 5.41) is 7.57. The molecule has 0 atom stereocenters. The number of aryl methyl sites for hydroxylation is 1. The van der Waals surface area contributed by atoms with Gasteiger partial charge in [0.05, 0.1) is 5.69 Å². The van der Waals surface area contributed by atoms with Crippen molar-refractivity contribution in [1.29, 1.82) is 0 Å². The van der Waals surface area contributed by atoms with Crippen molar-refractivity contribution in [3.05, 3.63) is 139 Å². The fraction of sp³-hybridized carbons (Fsp3) is 0.0278. The van der Waals surface area contributed by atoms with Gasteiger partial charge in [-0.25, -0.2) is 0 Å². The first-order valence-corrected chi connectivity index (χ1v) is 12.7. The van der Waals surface area contributed by atoms with Crippen molar-refractivity contribution in [2.24, 2.45) is 0 Å². The molecule has 0 radical (unpaired) electrons. The van der Waals surface area contributed by atoms with Gasteiger partial charge in [-0.15, -0.1) is 0 Å². The normalized spacial score (nSPS) is 11.4. The number of nitrogens with zero attached hydrogens (tertiary/aromatic N) is 1. The van der Waals surface area contributed by atoms with Crippen molar-refractivity contribution in [3.8, 4) is 33.5 Å². The molecule has 174 valence electrons. The Morgan fingerprint density at radius 1 is 0.459 bits per heavy atom. The maximum absolute atomic E-state index is 4.68. The summed E-state index contributed by atoms with van der Waals surface area (Å²) in [4.78, 5) is 4.68. The molecule has 7 rings (SSSR count). The number of aromatic nitrogens is 1. The number of benzene rings is 6. The van der Waals surface area contributed by atoms with Gasteiger partial charge in [-0.2, -0.15) is 0 Å². The maximum atomic E-state index is 4.68. The second-order valence-corrected chi connectivity index (χ2v) is 9.69. The highest BCUT2D eigenvalue weighted by Crippen LogP contribution is 2.40. The third-order valence-corrected chi connectivity index (χ3v) is 7.40. The van der Waals surface area contributed by atoms with E-state index in [2.05, 4.69) is 133 Å². The fourth-order valence-electron chi connectivity index (χ4n) is 5.64. The second-order valence-electron chi connectivity index (χ2n) is 9.69. The molecule has 6 aromatic carbocycles. The first-order valence-electron chi connectivity index (χ1n) is 12.7. The van der Waals surface area contributed by atoms with Crippen LogP contribution in [0.3, 0.4) is 0 Å². The highest BCUT2D eigenvalue weighted by atomic mass is 14.7. The van der Waals surface area contributed by atoms with Crippen LogP contribution < -0.4 is 0 Å². The second kappa shape index (κ2) is 8.72. The first-order chi connectivity index (χ1) is 18.3. The van der Waals surface area contributed by atoms with E-state index in [1.165, 1.54) is 60.1 Å². The number of hydrogen-bond donors (Lipinski definition) is 0. The monoisotopic (exact) mass is 471 g/mol. The lowest BCUT2D eigenvalue weighted by molar-refractivity contribution is 1.27. The molecular formula is C36H25N. The minimum atomic E-state index is 1.03. The zero-order chi connectivity index (χ0) is 24.8. The van der Waals surface area contributed by atoms with Gasteiger partial charge in [0.1, 0.15) is 0 Å². The molecular weight excluding hydrogens is 446 g/mol. The predicted octanol–water partition coefficient (Wildman–Crippen LogP) is 9.85. The zero-order valence-electron chi connectivity index (χ0n) is 20.6. The number of pyridine rings is 1. The van der Waals surface area contributed by atoms with E-state index in [0.29, 0.717) is 0 Å². The summed E-state index contributed by atoms with van der Waals surface area (Å²) in [6.07, 6.45) is 1.87. The van der Waals surface area contributed by atoms with Crippen LogP contribution in [0, 0.1) is 6.92 Å². The minimum absolute atomic E-state index is 1.03. The molecule has 0 saturated heterocycles. The standard InChI is InChI=1S/C36H25N/c1-24-9-8-20-37-36(24)29-14-6-13-28(23-29)35-33-16-5-3-11-26(33)21-30-22-27(18-19-34(30)35)32-17-7-12-25-10-2-4-15-31(25)32/h2-23H,1H3. The summed E-state index contributed by atoms with van der Waals surface area (Å²) in [5.74, 6) is 0. The summed E-state index contributed by atoms with van der Waals surface area (Å²) in [6.45, 7) is 2.12. The van der Waals surface area contributed by atoms with Gasteiger partial charge in [-0.05, 0) is 91.3 Å². The van der Waals surface area contributed by atoms with E-state index < -0.39 is 0 Å². The Labute approximate surface area is 216 Å². The molecule has 1 aromatic heterocycles. The highest BCUT2D eigenvalue weighted by Gasteiger charge is 2.13. The molecule has 37 heavy (non-hydrogen) atoms. The van der Waals surface area contributed by atoms with Crippen molar-refractivity contribution in [3.63, 3.8) is 0 Å². The largest absolute Gasteiger partial charge is 0.256 e. The first kappa shape index (κ1) is 21.5. The summed E-state index contributed by atoms with van der Waals surface area (Å²) in [6, 6.07) is 46.1. The molecule has 0 saturated carbocycles. The lowest BCUT2D eigenvalue weighted by Gasteiger charge is -2.15. The van der Waals surface area contributed by atoms with Crippen molar-refractivity contribution in [1.82, 2.24) is 4.98 Å². The quantitative estimate of drug-likeness (QED) is 0.234. The van der Waals surface area contributed by atoms with Gasteiger partial charge in [0.15, 0.2) is 0 Å². The van der Waals surface area contributed by atoms with Gasteiger partial charge >= 0.3 is 0 Å². The van der Waals surface area contributed by atoms with Crippen LogP contribution in [0.4, 0.5) is 0 Å². The average Bonchev–Trinajstić information content (AvgIpc) is 2.95. The van der Waals surface area contributed by atoms with E-state index in [1.54, 1.807) is 0 Å². The Morgan fingerprint density at radius 3 is 2.08 bits per heavy atom. The maximum Gasteiger partial charge on any atom is 0.0731 e. The van der Waals surface area contributed by atoms with Gasteiger partial charge in [0, 0.05) is 11.8 Å². The van der Waals surface area contributed by atoms with E-state index in [0.717, 1.165) is 11.3 Å². The Bertz CT molecular complexity index is 1940. The van der Waals surface area contributed by atoms with Crippen molar-refractivity contribution >= 4 is 32.3 Å². The van der Waals surface area contributed by atoms with E-state index in [1.807, 2.05) is 12.3 Å². The van der Waals surface area contributed by atoms with Crippen LogP contribution in [-0.2, 0) is 0 Å². The van der Waals surface area contributed by atoms with Crippen LogP contribution in [0.25, 0.3) is 65.8 Å². The predicted molar refractivity (Wildman–Crippen MR) is 158 cm³/mol. The van der Waals surface area contributed by atoms with Gasteiger partial charge in [-0.3, -0.25) is 4.98 Å². The van der Waals surface area contributed by atoms with Gasteiger partial charge < -0.3 is 0 Å². The molecule has 0 amide bonds. The molecule has 0 fully saturated rings. The van der Waals surface area contributed by atoms with Gasteiger partial charge in [0.2, 0.25) is 0 Å². The summed E-state index contributed by atoms with van der Waals surface area (Å²) >= 11 is 0. The fourth-order valence-corrected chi connectivity index (χ4v) is 5.64. The smallest absolute Gasteiger partial charge is 0.0731 e. The van der Waals surface area contributed by atoms with Gasteiger partial charge in [-0.1, -0.05) is 103 Å². The third-order valence-electron chi connectivity index (χ3n) is 7.40. The SMILES string of the molecule is Cc1cccnc1-c1cccc(-c2c3ccccc3cc3cc(-c4cccc5ccccc45)ccc23)c1. The Balaban J connectivity index is 1.48. The Morgan fingerprint density at radius 2 is 1.19 bits per heavy atom. The van der Waals surface area contributed by atoms with E-state index in [4.69, 9.17) is 0 Å². The van der Waals surface area contributed by atoms with Gasteiger partial charge in [0.25, 0.3) is 0 Å². The summed E-state index contributed by atoms with van der Waals surface area (Å²) < 4.78 is 0. The third kappa shape index (κ3) is 3.68. The van der Waals surface area contributed by atoms with Crippen LogP contribution in [0.5, 0.6) is 0 Å². The Kier molecular flexibility index (Phi) is 5.08. The zero-order valence-corrected chi connectivity index (χ0v) is 20.6. The molecule has 7 aromatic rings. The molecule has 0 spiro atoms. The van der Waals surface area contributed by atoms with Crippen molar-refractivity contribution < 1.29 is 0 Å². The molecule has 1 nitrogen and oxygen atoms in total. The lowest BCUT2D eigenvalue weighted by Crippen LogP contribution is -1.90. The molecule has 0 unspecified atom stereocenters. The highest BCUT2D eigenvalue weighted by molar-refractivity contribution is 6.14. The topological polar surface area (TPSA) is 12.9 Å². The summed E-state index contributed by atoms with van der Waals surface area (Å²) in [7, 11) is 0. The number of hydrogen-bond acceptors (Lipinski definition) is 1.